The van der Waals surface area contributed by atoms with Crippen molar-refractivity contribution < 1.29 is 27.0 Å². The van der Waals surface area contributed by atoms with Crippen molar-refractivity contribution in [3.05, 3.63) is 81.6 Å². The van der Waals surface area contributed by atoms with Crippen molar-refractivity contribution in [2.75, 3.05) is 10.6 Å². The predicted octanol–water partition coefficient (Wildman–Crippen LogP) is 5.94. The third-order valence-electron chi connectivity index (χ3n) is 6.14. The smallest absolute Gasteiger partial charge is 0.226 e. The SMILES string of the molecule is C/C(C#N)=C1\Nc2c(c(-c3cc(F)c(C#N)c(F)c3)c3c(c2-c2cc(F)c(C#N)c(F)c2)OC(=C(C#N)C#N)N3)O1. The number of nitriles is 5. The summed E-state index contributed by atoms with van der Waals surface area (Å²) in [5.41, 5.74) is -3.00. The fourth-order valence-electron chi connectivity index (χ4n) is 4.29. The zero-order valence-electron chi connectivity index (χ0n) is 20.4. The molecule has 2 aliphatic heterocycles. The first-order chi connectivity index (χ1) is 19.7. The Balaban J connectivity index is 1.94. The normalized spacial score (nSPS) is 13.4. The number of allylic oxidation sites excluding steroid dienone is 2. The largest absolute Gasteiger partial charge is 0.437 e. The average molecular weight is 551 g/mol. The summed E-state index contributed by atoms with van der Waals surface area (Å²) in [7, 11) is 0. The van der Waals surface area contributed by atoms with E-state index in [1.807, 2.05) is 6.07 Å². The number of benzene rings is 3. The van der Waals surface area contributed by atoms with Crippen molar-refractivity contribution in [1.82, 2.24) is 0 Å². The summed E-state index contributed by atoms with van der Waals surface area (Å²) in [6.07, 6.45) is 0. The topological polar surface area (TPSA) is 161 Å². The van der Waals surface area contributed by atoms with Gasteiger partial charge in [-0.15, -0.1) is 0 Å². The van der Waals surface area contributed by atoms with Gasteiger partial charge in [0.05, 0.1) is 34.1 Å². The summed E-state index contributed by atoms with van der Waals surface area (Å²) in [5, 5.41) is 52.0. The van der Waals surface area contributed by atoms with Gasteiger partial charge in [-0.1, -0.05) is 0 Å². The van der Waals surface area contributed by atoms with Gasteiger partial charge in [0, 0.05) is 0 Å². The molecular formula is C28H9F4N7O2. The van der Waals surface area contributed by atoms with E-state index in [1.165, 1.54) is 19.1 Å². The van der Waals surface area contributed by atoms with E-state index in [2.05, 4.69) is 10.6 Å². The molecule has 3 aromatic rings. The fraction of sp³-hybridized carbons (Fsp3) is 0.0357. The number of fused-ring (bicyclic) bond motifs is 2. The minimum Gasteiger partial charge on any atom is -0.437 e. The number of hydrogen-bond acceptors (Lipinski definition) is 9. The Hall–Kier alpha value is -6.49. The van der Waals surface area contributed by atoms with Crippen LogP contribution >= 0.6 is 0 Å². The van der Waals surface area contributed by atoms with E-state index in [0.717, 1.165) is 24.3 Å². The molecule has 0 fully saturated rings. The molecule has 0 aromatic heterocycles. The van der Waals surface area contributed by atoms with Gasteiger partial charge in [-0.25, -0.2) is 17.6 Å². The number of rotatable bonds is 2. The standard InChI is InChI=1S/C28H9F4N7O2/c1-11(6-33)27-38-23-21(12-2-17(29)15(9-36)18(30)3-12)26-24(39-28(41-26)14(7-34)8-35)22(25(23)40-27)13-4-19(31)16(10-37)20(32)5-13/h2-5,38-39H,1H3/b27-11-. The van der Waals surface area contributed by atoms with Crippen LogP contribution in [0.15, 0.2) is 47.2 Å². The van der Waals surface area contributed by atoms with Crippen molar-refractivity contribution in [3.8, 4) is 64.1 Å². The predicted molar refractivity (Wildman–Crippen MR) is 132 cm³/mol. The third-order valence-corrected chi connectivity index (χ3v) is 6.14. The zero-order chi connectivity index (χ0) is 29.6. The summed E-state index contributed by atoms with van der Waals surface area (Å²) in [6.45, 7) is 1.39. The molecule has 0 radical (unpaired) electrons. The van der Waals surface area contributed by atoms with Crippen LogP contribution in [0.3, 0.4) is 0 Å². The van der Waals surface area contributed by atoms with Crippen LogP contribution in [0.25, 0.3) is 22.3 Å². The number of hydrogen-bond donors (Lipinski definition) is 2. The highest BCUT2D eigenvalue weighted by molar-refractivity contribution is 6.05. The molecule has 41 heavy (non-hydrogen) atoms. The summed E-state index contributed by atoms with van der Waals surface area (Å²) in [6, 6.07) is 11.3. The van der Waals surface area contributed by atoms with Crippen molar-refractivity contribution in [3.63, 3.8) is 0 Å². The van der Waals surface area contributed by atoms with E-state index in [4.69, 9.17) is 20.0 Å². The lowest BCUT2D eigenvalue weighted by Crippen LogP contribution is -2.02. The van der Waals surface area contributed by atoms with Crippen molar-refractivity contribution in [2.45, 2.75) is 6.92 Å². The molecule has 3 aromatic carbocycles. The fourth-order valence-corrected chi connectivity index (χ4v) is 4.29. The van der Waals surface area contributed by atoms with Gasteiger partial charge >= 0.3 is 0 Å². The monoisotopic (exact) mass is 551 g/mol. The molecule has 0 spiro atoms. The Morgan fingerprint density at radius 3 is 1.39 bits per heavy atom. The van der Waals surface area contributed by atoms with Crippen LogP contribution in [0, 0.1) is 79.9 Å². The molecule has 2 N–H and O–H groups in total. The second-order valence-corrected chi connectivity index (χ2v) is 8.46. The van der Waals surface area contributed by atoms with Gasteiger partial charge < -0.3 is 20.1 Å². The minimum atomic E-state index is -1.22. The Labute approximate surface area is 228 Å². The molecule has 0 aliphatic carbocycles. The van der Waals surface area contributed by atoms with Crippen LogP contribution in [-0.4, -0.2) is 0 Å². The van der Waals surface area contributed by atoms with Crippen LogP contribution in [-0.2, 0) is 0 Å². The quantitative estimate of drug-likeness (QED) is 0.290. The van der Waals surface area contributed by atoms with E-state index in [0.29, 0.717) is 0 Å². The highest BCUT2D eigenvalue weighted by Gasteiger charge is 2.38. The number of anilines is 2. The molecule has 0 atom stereocenters. The van der Waals surface area contributed by atoms with Gasteiger partial charge in [0.1, 0.15) is 58.7 Å². The first-order valence-electron chi connectivity index (χ1n) is 11.2. The first kappa shape index (κ1) is 26.1. The first-order valence-corrected chi connectivity index (χ1v) is 11.2. The molecule has 9 nitrogen and oxygen atoms in total. The summed E-state index contributed by atoms with van der Waals surface area (Å²) in [5.74, 6) is -5.81. The highest BCUT2D eigenvalue weighted by Crippen LogP contribution is 2.60. The lowest BCUT2D eigenvalue weighted by molar-refractivity contribution is 0.451. The molecule has 0 amide bonds. The van der Waals surface area contributed by atoms with Crippen LogP contribution < -0.4 is 20.1 Å². The van der Waals surface area contributed by atoms with Gasteiger partial charge in [0.15, 0.2) is 17.1 Å². The molecule has 0 saturated heterocycles. The van der Waals surface area contributed by atoms with Gasteiger partial charge in [-0.2, -0.15) is 26.3 Å². The lowest BCUT2D eigenvalue weighted by atomic mass is 9.92. The third kappa shape index (κ3) is 3.97. The van der Waals surface area contributed by atoms with E-state index in [9.17, 15) is 33.3 Å². The van der Waals surface area contributed by atoms with E-state index in [1.54, 1.807) is 12.1 Å². The van der Waals surface area contributed by atoms with Gasteiger partial charge in [0.2, 0.25) is 11.8 Å². The second-order valence-electron chi connectivity index (χ2n) is 8.46. The Bertz CT molecular complexity index is 1840. The van der Waals surface area contributed by atoms with E-state index >= 15 is 0 Å². The molecule has 5 rings (SSSR count). The summed E-state index contributed by atoms with van der Waals surface area (Å²) >= 11 is 0. The van der Waals surface area contributed by atoms with Crippen molar-refractivity contribution >= 4 is 11.4 Å². The average Bonchev–Trinajstić information content (AvgIpc) is 3.56. The van der Waals surface area contributed by atoms with Crippen molar-refractivity contribution in [2.24, 2.45) is 0 Å². The Kier molecular flexibility index (Phi) is 6.16. The second kappa shape index (κ2) is 9.67. The van der Waals surface area contributed by atoms with Crippen LogP contribution in [0.4, 0.5) is 28.9 Å². The number of ether oxygens (including phenoxy) is 2. The van der Waals surface area contributed by atoms with Crippen LogP contribution in [0.2, 0.25) is 0 Å². The summed E-state index contributed by atoms with van der Waals surface area (Å²) < 4.78 is 70.7. The van der Waals surface area contributed by atoms with Gasteiger partial charge in [0.25, 0.3) is 0 Å². The number of nitrogens with zero attached hydrogens (tertiary/aromatic N) is 5. The van der Waals surface area contributed by atoms with Gasteiger partial charge in [-0.3, -0.25) is 0 Å². The molecule has 196 valence electrons. The number of nitrogens with one attached hydrogen (secondary N) is 2. The minimum absolute atomic E-state index is 0.0262. The lowest BCUT2D eigenvalue weighted by Gasteiger charge is -2.17. The molecular weight excluding hydrogens is 542 g/mol. The molecule has 2 aliphatic rings. The van der Waals surface area contributed by atoms with Crippen LogP contribution in [0.5, 0.6) is 11.5 Å². The molecule has 0 unspecified atom stereocenters. The van der Waals surface area contributed by atoms with Crippen molar-refractivity contribution in [1.29, 1.82) is 26.3 Å². The molecule has 13 heteroatoms. The number of halogens is 4. The maximum absolute atomic E-state index is 14.8. The highest BCUT2D eigenvalue weighted by atomic mass is 19.1. The molecule has 0 saturated carbocycles. The maximum atomic E-state index is 14.8. The maximum Gasteiger partial charge on any atom is 0.226 e. The zero-order valence-corrected chi connectivity index (χ0v) is 20.4. The Morgan fingerprint density at radius 2 is 1.02 bits per heavy atom. The van der Waals surface area contributed by atoms with E-state index in [-0.39, 0.29) is 56.6 Å². The Morgan fingerprint density at radius 1 is 0.634 bits per heavy atom. The molecule has 0 bridgehead atoms. The van der Waals surface area contributed by atoms with Gasteiger partial charge in [-0.05, 0) is 42.3 Å². The van der Waals surface area contributed by atoms with E-state index < -0.39 is 45.9 Å². The summed E-state index contributed by atoms with van der Waals surface area (Å²) in [4.78, 5) is 0. The van der Waals surface area contributed by atoms with Crippen LogP contribution in [0.1, 0.15) is 18.1 Å². The molecule has 2 heterocycles.